The summed E-state index contributed by atoms with van der Waals surface area (Å²) >= 11 is 0. The van der Waals surface area contributed by atoms with E-state index in [0.29, 0.717) is 0 Å². The van der Waals surface area contributed by atoms with Gasteiger partial charge in [-0.3, -0.25) is 4.79 Å². The zero-order chi connectivity index (χ0) is 11.4. The summed E-state index contributed by atoms with van der Waals surface area (Å²) in [6.07, 6.45) is 0. The number of amides is 1. The van der Waals surface area contributed by atoms with E-state index in [-0.39, 0.29) is 12.5 Å². The van der Waals surface area contributed by atoms with Crippen molar-refractivity contribution in [2.75, 3.05) is 19.0 Å². The van der Waals surface area contributed by atoms with Gasteiger partial charge in [0.25, 0.3) is 0 Å². The summed E-state index contributed by atoms with van der Waals surface area (Å²) in [5, 5.41) is 5.04. The van der Waals surface area contributed by atoms with Gasteiger partial charge in [-0.15, -0.1) is 0 Å². The number of anilines is 1. The van der Waals surface area contributed by atoms with E-state index in [2.05, 4.69) is 5.32 Å². The van der Waals surface area contributed by atoms with Crippen molar-refractivity contribution < 1.29 is 9.53 Å². The highest BCUT2D eigenvalue weighted by Gasteiger charge is 2.01. The van der Waals surface area contributed by atoms with E-state index in [0.717, 1.165) is 16.5 Å². The quantitative estimate of drug-likeness (QED) is 0.853. The third-order valence-electron chi connectivity index (χ3n) is 2.31. The van der Waals surface area contributed by atoms with Crippen molar-refractivity contribution >= 4 is 22.4 Å². The first-order valence-electron chi connectivity index (χ1n) is 5.07. The lowest BCUT2D eigenvalue weighted by molar-refractivity contribution is -0.119. The fraction of sp³-hybridized carbons (Fsp3) is 0.154. The van der Waals surface area contributed by atoms with Crippen molar-refractivity contribution in [3.8, 4) is 0 Å². The number of hydrogen-bond donors (Lipinski definition) is 1. The van der Waals surface area contributed by atoms with Gasteiger partial charge in [0, 0.05) is 12.8 Å². The number of carbonyl (C=O) groups is 1. The number of hydrogen-bond acceptors (Lipinski definition) is 2. The Labute approximate surface area is 94.0 Å². The molecule has 0 saturated heterocycles. The number of fused-ring (bicyclic) bond motifs is 1. The van der Waals surface area contributed by atoms with E-state index >= 15 is 0 Å². The molecular weight excluding hydrogens is 202 g/mol. The summed E-state index contributed by atoms with van der Waals surface area (Å²) in [6, 6.07) is 13.8. The van der Waals surface area contributed by atoms with Crippen LogP contribution in [-0.4, -0.2) is 19.6 Å². The average molecular weight is 215 g/mol. The third-order valence-corrected chi connectivity index (χ3v) is 2.31. The molecule has 0 aromatic heterocycles. The lowest BCUT2D eigenvalue weighted by Gasteiger charge is -2.05. The Morgan fingerprint density at radius 1 is 1.19 bits per heavy atom. The van der Waals surface area contributed by atoms with Crippen molar-refractivity contribution in [3.63, 3.8) is 0 Å². The van der Waals surface area contributed by atoms with Gasteiger partial charge in [0.1, 0.15) is 6.61 Å². The van der Waals surface area contributed by atoms with E-state index in [1.165, 1.54) is 7.11 Å². The second-order valence-corrected chi connectivity index (χ2v) is 3.54. The van der Waals surface area contributed by atoms with E-state index in [1.54, 1.807) is 0 Å². The number of methoxy groups -OCH3 is 1. The summed E-state index contributed by atoms with van der Waals surface area (Å²) in [7, 11) is 1.50. The minimum atomic E-state index is -0.141. The SMILES string of the molecule is COCC(=O)Nc1ccc2ccccc2c1. The van der Waals surface area contributed by atoms with Crippen LogP contribution in [0.3, 0.4) is 0 Å². The lowest BCUT2D eigenvalue weighted by Crippen LogP contribution is -2.16. The minimum Gasteiger partial charge on any atom is -0.375 e. The summed E-state index contributed by atoms with van der Waals surface area (Å²) in [5.41, 5.74) is 0.792. The molecule has 16 heavy (non-hydrogen) atoms. The van der Waals surface area contributed by atoms with Gasteiger partial charge in [-0.1, -0.05) is 30.3 Å². The van der Waals surface area contributed by atoms with Crippen LogP contribution in [0.15, 0.2) is 42.5 Å². The molecule has 3 heteroatoms. The van der Waals surface area contributed by atoms with Crippen LogP contribution in [0.5, 0.6) is 0 Å². The summed E-state index contributed by atoms with van der Waals surface area (Å²) in [5.74, 6) is -0.141. The first-order chi connectivity index (χ1) is 7.79. The monoisotopic (exact) mass is 215 g/mol. The maximum atomic E-state index is 11.3. The molecule has 2 rings (SSSR count). The van der Waals surface area contributed by atoms with Gasteiger partial charge in [0.15, 0.2) is 0 Å². The fourth-order valence-corrected chi connectivity index (χ4v) is 1.60. The van der Waals surface area contributed by atoms with Crippen molar-refractivity contribution in [2.24, 2.45) is 0 Å². The Morgan fingerprint density at radius 2 is 1.94 bits per heavy atom. The van der Waals surface area contributed by atoms with Gasteiger partial charge < -0.3 is 10.1 Å². The Hall–Kier alpha value is -1.87. The van der Waals surface area contributed by atoms with Crippen LogP contribution in [0.4, 0.5) is 5.69 Å². The Morgan fingerprint density at radius 3 is 2.69 bits per heavy atom. The maximum absolute atomic E-state index is 11.3. The van der Waals surface area contributed by atoms with Gasteiger partial charge in [-0.05, 0) is 22.9 Å². The average Bonchev–Trinajstić information content (AvgIpc) is 2.29. The summed E-state index contributed by atoms with van der Waals surface area (Å²) in [6.45, 7) is 0.0762. The topological polar surface area (TPSA) is 38.3 Å². The molecule has 2 aromatic carbocycles. The van der Waals surface area contributed by atoms with E-state index in [4.69, 9.17) is 4.74 Å². The Bertz CT molecular complexity index is 508. The molecular formula is C13H13NO2. The largest absolute Gasteiger partial charge is 0.375 e. The zero-order valence-corrected chi connectivity index (χ0v) is 9.07. The first kappa shape index (κ1) is 10.6. The summed E-state index contributed by atoms with van der Waals surface area (Å²) < 4.78 is 4.75. The predicted octanol–water partition coefficient (Wildman–Crippen LogP) is 2.42. The molecule has 0 atom stereocenters. The van der Waals surface area contributed by atoms with Crippen LogP contribution in [0.2, 0.25) is 0 Å². The molecule has 0 fully saturated rings. The van der Waals surface area contributed by atoms with Gasteiger partial charge in [-0.25, -0.2) is 0 Å². The maximum Gasteiger partial charge on any atom is 0.250 e. The van der Waals surface area contributed by atoms with Gasteiger partial charge in [0.2, 0.25) is 5.91 Å². The van der Waals surface area contributed by atoms with Gasteiger partial charge in [-0.2, -0.15) is 0 Å². The predicted molar refractivity (Wildman–Crippen MR) is 64.5 cm³/mol. The van der Waals surface area contributed by atoms with Crippen LogP contribution in [0.1, 0.15) is 0 Å². The van der Waals surface area contributed by atoms with Crippen LogP contribution >= 0.6 is 0 Å². The minimum absolute atomic E-state index is 0.0762. The zero-order valence-electron chi connectivity index (χ0n) is 9.07. The molecule has 82 valence electrons. The standard InChI is InChI=1S/C13H13NO2/c1-16-9-13(15)14-12-7-6-10-4-2-3-5-11(10)8-12/h2-8H,9H2,1H3,(H,14,15). The smallest absolute Gasteiger partial charge is 0.250 e. The number of benzene rings is 2. The second kappa shape index (κ2) is 4.77. The third kappa shape index (κ3) is 2.38. The number of rotatable bonds is 3. The highest BCUT2D eigenvalue weighted by molar-refractivity contribution is 5.94. The number of nitrogens with one attached hydrogen (secondary N) is 1. The normalized spacial score (nSPS) is 10.3. The van der Waals surface area contributed by atoms with E-state index in [9.17, 15) is 4.79 Å². The second-order valence-electron chi connectivity index (χ2n) is 3.54. The number of ether oxygens (including phenoxy) is 1. The Kier molecular flexibility index (Phi) is 3.17. The van der Waals surface area contributed by atoms with Crippen LogP contribution < -0.4 is 5.32 Å². The van der Waals surface area contributed by atoms with E-state index < -0.39 is 0 Å². The molecule has 3 nitrogen and oxygen atoms in total. The van der Waals surface area contributed by atoms with Crippen molar-refractivity contribution in [1.82, 2.24) is 0 Å². The van der Waals surface area contributed by atoms with Gasteiger partial charge >= 0.3 is 0 Å². The molecule has 0 aliphatic carbocycles. The molecule has 1 N–H and O–H groups in total. The first-order valence-corrected chi connectivity index (χ1v) is 5.07. The molecule has 0 saturated carbocycles. The molecule has 0 unspecified atom stereocenters. The molecule has 1 amide bonds. The van der Waals surface area contributed by atoms with Gasteiger partial charge in [0.05, 0.1) is 0 Å². The summed E-state index contributed by atoms with van der Waals surface area (Å²) in [4.78, 5) is 11.3. The van der Waals surface area contributed by atoms with Crippen molar-refractivity contribution in [3.05, 3.63) is 42.5 Å². The lowest BCUT2D eigenvalue weighted by atomic mass is 10.1. The molecule has 0 bridgehead atoms. The Balaban J connectivity index is 2.22. The van der Waals surface area contributed by atoms with Crippen LogP contribution in [-0.2, 0) is 9.53 Å². The molecule has 0 spiro atoms. The molecule has 2 aromatic rings. The van der Waals surface area contributed by atoms with Crippen LogP contribution in [0.25, 0.3) is 10.8 Å². The van der Waals surface area contributed by atoms with Crippen LogP contribution in [0, 0.1) is 0 Å². The van der Waals surface area contributed by atoms with E-state index in [1.807, 2.05) is 42.5 Å². The highest BCUT2D eigenvalue weighted by Crippen LogP contribution is 2.18. The molecule has 0 radical (unpaired) electrons. The molecule has 0 aliphatic heterocycles. The van der Waals surface area contributed by atoms with Crippen molar-refractivity contribution in [2.45, 2.75) is 0 Å². The fourth-order valence-electron chi connectivity index (χ4n) is 1.60. The highest BCUT2D eigenvalue weighted by atomic mass is 16.5. The molecule has 0 aliphatic rings. The molecule has 0 heterocycles. The number of carbonyl (C=O) groups excluding carboxylic acids is 1. The van der Waals surface area contributed by atoms with Crippen molar-refractivity contribution in [1.29, 1.82) is 0 Å².